The SMILES string of the molecule is COC(=O)C(C)(C)c1ccc(NC(=O)OC(C)(C)C)nc1. The lowest BCUT2D eigenvalue weighted by molar-refractivity contribution is -0.146. The zero-order chi connectivity index (χ0) is 16.3. The Morgan fingerprint density at radius 1 is 1.14 bits per heavy atom. The summed E-state index contributed by atoms with van der Waals surface area (Å²) >= 11 is 0. The number of rotatable bonds is 3. The van der Waals surface area contributed by atoms with Crippen LogP contribution < -0.4 is 5.32 Å². The van der Waals surface area contributed by atoms with Crippen molar-refractivity contribution in [3.63, 3.8) is 0 Å². The van der Waals surface area contributed by atoms with Gasteiger partial charge in [-0.1, -0.05) is 6.07 Å². The number of carbonyl (C=O) groups is 2. The first-order valence-corrected chi connectivity index (χ1v) is 6.61. The van der Waals surface area contributed by atoms with E-state index in [1.807, 2.05) is 0 Å². The summed E-state index contributed by atoms with van der Waals surface area (Å²) < 4.78 is 9.89. The van der Waals surface area contributed by atoms with Gasteiger partial charge >= 0.3 is 12.1 Å². The summed E-state index contributed by atoms with van der Waals surface area (Å²) in [6.45, 7) is 8.83. The molecule has 0 bridgehead atoms. The number of ether oxygens (including phenoxy) is 2. The van der Waals surface area contributed by atoms with Crippen LogP contribution in [0.2, 0.25) is 0 Å². The Bertz CT molecular complexity index is 515. The van der Waals surface area contributed by atoms with E-state index in [1.54, 1.807) is 46.8 Å². The van der Waals surface area contributed by atoms with E-state index in [4.69, 9.17) is 9.47 Å². The van der Waals surface area contributed by atoms with Gasteiger partial charge in [-0.3, -0.25) is 10.1 Å². The summed E-state index contributed by atoms with van der Waals surface area (Å²) in [5.74, 6) is 0.00539. The molecule has 0 atom stereocenters. The molecule has 0 saturated carbocycles. The highest BCUT2D eigenvalue weighted by Gasteiger charge is 2.31. The number of pyridine rings is 1. The van der Waals surface area contributed by atoms with Gasteiger partial charge in [0.25, 0.3) is 0 Å². The molecule has 0 aliphatic heterocycles. The van der Waals surface area contributed by atoms with Crippen molar-refractivity contribution in [2.24, 2.45) is 0 Å². The molecule has 0 aliphatic carbocycles. The van der Waals surface area contributed by atoms with Crippen LogP contribution in [0.1, 0.15) is 40.2 Å². The predicted molar refractivity (Wildman–Crippen MR) is 79.1 cm³/mol. The molecule has 1 heterocycles. The van der Waals surface area contributed by atoms with Gasteiger partial charge in [0.15, 0.2) is 0 Å². The molecular weight excluding hydrogens is 272 g/mol. The Morgan fingerprint density at radius 3 is 2.19 bits per heavy atom. The molecule has 6 heteroatoms. The predicted octanol–water partition coefficient (Wildman–Crippen LogP) is 2.88. The highest BCUT2D eigenvalue weighted by atomic mass is 16.6. The van der Waals surface area contributed by atoms with Crippen LogP contribution in [0.3, 0.4) is 0 Å². The minimum atomic E-state index is -0.799. The van der Waals surface area contributed by atoms with Crippen molar-refractivity contribution in [3.8, 4) is 0 Å². The van der Waals surface area contributed by atoms with E-state index in [9.17, 15) is 9.59 Å². The molecule has 0 spiro atoms. The summed E-state index contributed by atoms with van der Waals surface area (Å²) in [5.41, 5.74) is -0.674. The molecule has 116 valence electrons. The van der Waals surface area contributed by atoms with Crippen LogP contribution in [-0.2, 0) is 19.7 Å². The molecule has 0 fully saturated rings. The van der Waals surface area contributed by atoms with Gasteiger partial charge in [-0.05, 0) is 46.2 Å². The Labute approximate surface area is 124 Å². The van der Waals surface area contributed by atoms with Crippen molar-refractivity contribution >= 4 is 17.9 Å². The fourth-order valence-corrected chi connectivity index (χ4v) is 1.62. The van der Waals surface area contributed by atoms with Crippen LogP contribution in [0.5, 0.6) is 0 Å². The maximum Gasteiger partial charge on any atom is 0.413 e. The zero-order valence-corrected chi connectivity index (χ0v) is 13.3. The lowest BCUT2D eigenvalue weighted by Crippen LogP contribution is -2.30. The number of hydrogen-bond donors (Lipinski definition) is 1. The third kappa shape index (κ3) is 4.73. The molecule has 0 radical (unpaired) electrons. The molecule has 1 rings (SSSR count). The normalized spacial score (nSPS) is 11.7. The van der Waals surface area contributed by atoms with Gasteiger partial charge in [-0.2, -0.15) is 0 Å². The van der Waals surface area contributed by atoms with E-state index >= 15 is 0 Å². The van der Waals surface area contributed by atoms with Crippen molar-refractivity contribution in [2.45, 2.75) is 45.6 Å². The fraction of sp³-hybridized carbons (Fsp3) is 0.533. The first-order chi connectivity index (χ1) is 9.56. The molecule has 0 aliphatic rings. The number of carbonyl (C=O) groups excluding carboxylic acids is 2. The highest BCUT2D eigenvalue weighted by Crippen LogP contribution is 2.24. The van der Waals surface area contributed by atoms with Crippen LogP contribution in [0.4, 0.5) is 10.6 Å². The second-order valence-electron chi connectivity index (χ2n) is 6.18. The number of amides is 1. The van der Waals surface area contributed by atoms with Crippen LogP contribution in [0.25, 0.3) is 0 Å². The Morgan fingerprint density at radius 2 is 1.76 bits per heavy atom. The standard InChI is InChI=1S/C15H22N2O4/c1-14(2,3)21-13(19)17-11-8-7-10(9-16-11)15(4,5)12(18)20-6/h7-9H,1-6H3,(H,16,17,19). The molecule has 1 amide bonds. The van der Waals surface area contributed by atoms with Crippen molar-refractivity contribution in [1.29, 1.82) is 0 Å². The maximum absolute atomic E-state index is 11.7. The number of nitrogens with one attached hydrogen (secondary N) is 1. The molecule has 1 aromatic rings. The Hall–Kier alpha value is -2.11. The summed E-state index contributed by atoms with van der Waals surface area (Å²) in [7, 11) is 1.34. The van der Waals surface area contributed by atoms with E-state index < -0.39 is 17.1 Å². The summed E-state index contributed by atoms with van der Waals surface area (Å²) in [5, 5.41) is 2.53. The van der Waals surface area contributed by atoms with E-state index in [0.717, 1.165) is 0 Å². The van der Waals surface area contributed by atoms with Crippen molar-refractivity contribution in [1.82, 2.24) is 4.98 Å². The molecule has 0 saturated heterocycles. The molecule has 6 nitrogen and oxygen atoms in total. The van der Waals surface area contributed by atoms with Crippen molar-refractivity contribution < 1.29 is 19.1 Å². The first-order valence-electron chi connectivity index (χ1n) is 6.61. The number of anilines is 1. The molecule has 0 unspecified atom stereocenters. The van der Waals surface area contributed by atoms with Crippen LogP contribution in [0.15, 0.2) is 18.3 Å². The van der Waals surface area contributed by atoms with Crippen LogP contribution in [0, 0.1) is 0 Å². The molecule has 1 aromatic heterocycles. The third-order valence-electron chi connectivity index (χ3n) is 2.81. The summed E-state index contributed by atoms with van der Waals surface area (Å²) in [4.78, 5) is 27.4. The molecular formula is C15H22N2O4. The first kappa shape index (κ1) is 16.9. The average Bonchev–Trinajstić information content (AvgIpc) is 2.36. The van der Waals surface area contributed by atoms with E-state index in [2.05, 4.69) is 10.3 Å². The van der Waals surface area contributed by atoms with Gasteiger partial charge in [-0.25, -0.2) is 9.78 Å². The number of aromatic nitrogens is 1. The summed E-state index contributed by atoms with van der Waals surface area (Å²) in [6.07, 6.45) is 0.957. The third-order valence-corrected chi connectivity index (χ3v) is 2.81. The molecule has 21 heavy (non-hydrogen) atoms. The smallest absolute Gasteiger partial charge is 0.413 e. The second kappa shape index (κ2) is 6.11. The number of methoxy groups -OCH3 is 1. The topological polar surface area (TPSA) is 77.5 Å². The van der Waals surface area contributed by atoms with Crippen molar-refractivity contribution in [2.75, 3.05) is 12.4 Å². The minimum absolute atomic E-state index is 0.350. The van der Waals surface area contributed by atoms with E-state index in [1.165, 1.54) is 13.3 Å². The van der Waals surface area contributed by atoms with Gasteiger partial charge in [0.2, 0.25) is 0 Å². The lowest BCUT2D eigenvalue weighted by Gasteiger charge is -2.22. The highest BCUT2D eigenvalue weighted by molar-refractivity contribution is 5.84. The quantitative estimate of drug-likeness (QED) is 0.867. The van der Waals surface area contributed by atoms with E-state index in [-0.39, 0.29) is 5.97 Å². The van der Waals surface area contributed by atoms with Crippen LogP contribution in [-0.4, -0.2) is 29.8 Å². The number of hydrogen-bond acceptors (Lipinski definition) is 5. The van der Waals surface area contributed by atoms with Gasteiger partial charge in [0.05, 0.1) is 12.5 Å². The number of nitrogens with zero attached hydrogens (tertiary/aromatic N) is 1. The zero-order valence-electron chi connectivity index (χ0n) is 13.3. The second-order valence-corrected chi connectivity index (χ2v) is 6.18. The largest absolute Gasteiger partial charge is 0.468 e. The average molecular weight is 294 g/mol. The van der Waals surface area contributed by atoms with E-state index in [0.29, 0.717) is 11.4 Å². The number of esters is 1. The van der Waals surface area contributed by atoms with Gasteiger partial charge in [-0.15, -0.1) is 0 Å². The molecule has 1 N–H and O–H groups in total. The van der Waals surface area contributed by atoms with Gasteiger partial charge < -0.3 is 9.47 Å². The fourth-order valence-electron chi connectivity index (χ4n) is 1.62. The Kier molecular flexibility index (Phi) is 4.93. The lowest BCUT2D eigenvalue weighted by atomic mass is 9.86. The monoisotopic (exact) mass is 294 g/mol. The van der Waals surface area contributed by atoms with Crippen LogP contribution >= 0.6 is 0 Å². The Balaban J connectivity index is 2.79. The molecule has 0 aromatic carbocycles. The van der Waals surface area contributed by atoms with Gasteiger partial charge in [0.1, 0.15) is 11.4 Å². The minimum Gasteiger partial charge on any atom is -0.468 e. The maximum atomic E-state index is 11.7. The van der Waals surface area contributed by atoms with Gasteiger partial charge in [0, 0.05) is 6.20 Å². The summed E-state index contributed by atoms with van der Waals surface area (Å²) in [6, 6.07) is 3.33. The van der Waals surface area contributed by atoms with Crippen molar-refractivity contribution in [3.05, 3.63) is 23.9 Å².